The van der Waals surface area contributed by atoms with Crippen molar-refractivity contribution in [2.24, 2.45) is 11.8 Å². The van der Waals surface area contributed by atoms with E-state index in [-0.39, 0.29) is 49.3 Å². The summed E-state index contributed by atoms with van der Waals surface area (Å²) < 4.78 is 10.4. The second kappa shape index (κ2) is 14.9. The van der Waals surface area contributed by atoms with Crippen molar-refractivity contribution in [3.8, 4) is 0 Å². The highest BCUT2D eigenvalue weighted by molar-refractivity contribution is 5.82. The van der Waals surface area contributed by atoms with Gasteiger partial charge in [0.1, 0.15) is 5.60 Å². The van der Waals surface area contributed by atoms with Gasteiger partial charge >= 0.3 is 12.1 Å². The van der Waals surface area contributed by atoms with Gasteiger partial charge in [0.25, 0.3) is 0 Å². The van der Waals surface area contributed by atoms with Crippen LogP contribution in [-0.4, -0.2) is 90.6 Å². The Hall–Kier alpha value is -2.85. The molecule has 11 nitrogen and oxygen atoms in total. The third-order valence-electron chi connectivity index (χ3n) is 6.84. The van der Waals surface area contributed by atoms with Gasteiger partial charge in [0, 0.05) is 46.1 Å². The smallest absolute Gasteiger partial charge is 0.410 e. The lowest BCUT2D eigenvalue weighted by Crippen LogP contribution is -2.50. The molecule has 0 saturated carbocycles. The molecule has 216 valence electrons. The number of hydrogen-bond donors (Lipinski definition) is 2. The molecule has 11 heteroatoms. The fraction of sp³-hybridized carbons (Fsp3) is 0.815. The first-order valence-electron chi connectivity index (χ1n) is 13.8. The molecule has 38 heavy (non-hydrogen) atoms. The molecule has 0 aromatic rings. The van der Waals surface area contributed by atoms with Crippen LogP contribution in [0.25, 0.3) is 0 Å². The van der Waals surface area contributed by atoms with Crippen LogP contribution in [-0.2, 0) is 28.7 Å². The molecule has 2 aliphatic heterocycles. The number of carbonyl (C=O) groups excluding carboxylic acids is 5. The maximum Gasteiger partial charge on any atom is 0.410 e. The van der Waals surface area contributed by atoms with E-state index in [1.807, 2.05) is 20.8 Å². The Morgan fingerprint density at radius 1 is 1.00 bits per heavy atom. The van der Waals surface area contributed by atoms with E-state index in [0.29, 0.717) is 44.9 Å². The minimum absolute atomic E-state index is 0.0397. The van der Waals surface area contributed by atoms with Gasteiger partial charge in [-0.2, -0.15) is 0 Å². The summed E-state index contributed by atoms with van der Waals surface area (Å²) in [6.45, 7) is 11.2. The zero-order chi connectivity index (χ0) is 28.3. The van der Waals surface area contributed by atoms with E-state index >= 15 is 0 Å². The van der Waals surface area contributed by atoms with E-state index in [1.54, 1.807) is 16.7 Å². The van der Waals surface area contributed by atoms with Crippen LogP contribution < -0.4 is 10.6 Å². The lowest BCUT2D eigenvalue weighted by molar-refractivity contribution is -0.144. The number of amides is 4. The molecule has 2 fully saturated rings. The van der Waals surface area contributed by atoms with Gasteiger partial charge in [-0.25, -0.2) is 4.79 Å². The summed E-state index contributed by atoms with van der Waals surface area (Å²) in [6.07, 6.45) is 3.92. The van der Waals surface area contributed by atoms with E-state index in [0.717, 1.165) is 25.7 Å². The van der Waals surface area contributed by atoms with Crippen molar-refractivity contribution < 1.29 is 33.4 Å². The van der Waals surface area contributed by atoms with Crippen molar-refractivity contribution in [3.05, 3.63) is 0 Å². The normalized spacial score (nSPS) is 19.3. The summed E-state index contributed by atoms with van der Waals surface area (Å²) in [4.78, 5) is 65.0. The van der Waals surface area contributed by atoms with Crippen LogP contribution in [0.4, 0.5) is 4.79 Å². The summed E-state index contributed by atoms with van der Waals surface area (Å²) in [5.41, 5.74) is -0.517. The summed E-state index contributed by atoms with van der Waals surface area (Å²) in [6, 6.07) is -0.580. The zero-order valence-electron chi connectivity index (χ0n) is 23.7. The van der Waals surface area contributed by atoms with Crippen LogP contribution in [0.15, 0.2) is 0 Å². The lowest BCUT2D eigenvalue weighted by Gasteiger charge is -2.35. The number of esters is 1. The van der Waals surface area contributed by atoms with Gasteiger partial charge in [0.05, 0.1) is 25.0 Å². The Labute approximate surface area is 226 Å². The number of hydrogen-bond acceptors (Lipinski definition) is 7. The summed E-state index contributed by atoms with van der Waals surface area (Å²) >= 11 is 0. The van der Waals surface area contributed by atoms with Gasteiger partial charge in [-0.1, -0.05) is 0 Å². The maximum atomic E-state index is 13.0. The molecule has 0 radical (unpaired) electrons. The van der Waals surface area contributed by atoms with Crippen molar-refractivity contribution in [2.45, 2.75) is 91.2 Å². The maximum absolute atomic E-state index is 13.0. The first-order valence-corrected chi connectivity index (χ1v) is 13.8. The number of nitrogens with one attached hydrogen (secondary N) is 2. The van der Waals surface area contributed by atoms with Crippen molar-refractivity contribution in [1.29, 1.82) is 0 Å². The standard InChI is InChI=1S/C27H46N4O7/c1-6-37-24(34)16-22(17-28-19(2)32)29-25(35)21-8-7-13-31(18-21)23(33)10-9-20-11-14-30(15-12-20)26(36)38-27(3,4)5/h20-22H,6-18H2,1-5H3,(H,28,32)(H,29,35)/t21-,22+/m1/s1. The highest BCUT2D eigenvalue weighted by atomic mass is 16.6. The van der Waals surface area contributed by atoms with Gasteiger partial charge in [-0.05, 0) is 65.7 Å². The van der Waals surface area contributed by atoms with E-state index in [4.69, 9.17) is 9.47 Å². The average Bonchev–Trinajstić information content (AvgIpc) is 2.85. The van der Waals surface area contributed by atoms with Gasteiger partial charge in [-0.15, -0.1) is 0 Å². The number of rotatable bonds is 10. The van der Waals surface area contributed by atoms with Crippen molar-refractivity contribution in [2.75, 3.05) is 39.3 Å². The van der Waals surface area contributed by atoms with E-state index in [1.165, 1.54) is 6.92 Å². The zero-order valence-corrected chi connectivity index (χ0v) is 23.7. The van der Waals surface area contributed by atoms with Crippen LogP contribution in [0, 0.1) is 11.8 Å². The number of piperidine rings is 2. The van der Waals surface area contributed by atoms with Gasteiger partial charge < -0.3 is 29.9 Å². The topological polar surface area (TPSA) is 134 Å². The third kappa shape index (κ3) is 11.3. The van der Waals surface area contributed by atoms with E-state index in [9.17, 15) is 24.0 Å². The second-order valence-corrected chi connectivity index (χ2v) is 11.3. The Kier molecular flexibility index (Phi) is 12.3. The van der Waals surface area contributed by atoms with Crippen molar-refractivity contribution in [3.63, 3.8) is 0 Å². The molecule has 0 spiro atoms. The quantitative estimate of drug-likeness (QED) is 0.407. The minimum Gasteiger partial charge on any atom is -0.466 e. The number of carbonyl (C=O) groups is 5. The molecule has 0 unspecified atom stereocenters. The summed E-state index contributed by atoms with van der Waals surface area (Å²) in [5, 5.41) is 5.51. The molecular weight excluding hydrogens is 492 g/mol. The van der Waals surface area contributed by atoms with Crippen LogP contribution in [0.3, 0.4) is 0 Å². The molecule has 2 atom stereocenters. The van der Waals surface area contributed by atoms with Gasteiger partial charge in [0.15, 0.2) is 0 Å². The Morgan fingerprint density at radius 3 is 2.29 bits per heavy atom. The van der Waals surface area contributed by atoms with Gasteiger partial charge in [0.2, 0.25) is 17.7 Å². The molecule has 0 bridgehead atoms. The molecule has 0 aromatic heterocycles. The highest BCUT2D eigenvalue weighted by Gasteiger charge is 2.31. The second-order valence-electron chi connectivity index (χ2n) is 11.3. The molecular formula is C27H46N4O7. The molecule has 2 saturated heterocycles. The fourth-order valence-electron chi connectivity index (χ4n) is 4.82. The summed E-state index contributed by atoms with van der Waals surface area (Å²) in [7, 11) is 0. The van der Waals surface area contributed by atoms with Crippen LogP contribution in [0.1, 0.15) is 79.6 Å². The Morgan fingerprint density at radius 2 is 1.68 bits per heavy atom. The molecule has 4 amide bonds. The van der Waals surface area contributed by atoms with Crippen molar-refractivity contribution >= 4 is 29.8 Å². The molecule has 2 aliphatic rings. The SMILES string of the molecule is CCOC(=O)C[C@@H](CNC(C)=O)NC(=O)[C@@H]1CCCN(C(=O)CCC2CCN(C(=O)OC(C)(C)C)CC2)C1. The molecule has 2 rings (SSSR count). The average molecular weight is 539 g/mol. The van der Waals surface area contributed by atoms with Crippen LogP contribution in [0.5, 0.6) is 0 Å². The third-order valence-corrected chi connectivity index (χ3v) is 6.84. The monoisotopic (exact) mass is 538 g/mol. The number of ether oxygens (including phenoxy) is 2. The first kappa shape index (κ1) is 31.4. The Bertz CT molecular complexity index is 834. The van der Waals surface area contributed by atoms with Crippen LogP contribution >= 0.6 is 0 Å². The predicted molar refractivity (Wildman–Crippen MR) is 141 cm³/mol. The van der Waals surface area contributed by atoms with E-state index in [2.05, 4.69) is 10.6 Å². The largest absolute Gasteiger partial charge is 0.466 e. The first-order chi connectivity index (χ1) is 17.9. The molecule has 2 heterocycles. The highest BCUT2D eigenvalue weighted by Crippen LogP contribution is 2.25. The molecule has 2 N–H and O–H groups in total. The van der Waals surface area contributed by atoms with Crippen LogP contribution in [0.2, 0.25) is 0 Å². The Balaban J connectivity index is 1.80. The fourth-order valence-corrected chi connectivity index (χ4v) is 4.82. The minimum atomic E-state index is -0.580. The summed E-state index contributed by atoms with van der Waals surface area (Å²) in [5.74, 6) is -0.876. The molecule has 0 aliphatic carbocycles. The molecule has 0 aromatic carbocycles. The lowest BCUT2D eigenvalue weighted by atomic mass is 9.91. The number of nitrogens with zero attached hydrogens (tertiary/aromatic N) is 2. The predicted octanol–water partition coefficient (Wildman–Crippen LogP) is 2.23. The van der Waals surface area contributed by atoms with E-state index < -0.39 is 17.6 Å². The number of likely N-dealkylation sites (tertiary alicyclic amines) is 2. The van der Waals surface area contributed by atoms with Crippen molar-refractivity contribution in [1.82, 2.24) is 20.4 Å². The van der Waals surface area contributed by atoms with Gasteiger partial charge in [-0.3, -0.25) is 19.2 Å².